The molecule has 0 amide bonds. The molecule has 5 heteroatoms. The number of hydrogen-bond acceptors (Lipinski definition) is 3. The highest BCUT2D eigenvalue weighted by Gasteiger charge is 2.11. The van der Waals surface area contributed by atoms with E-state index in [1.54, 1.807) is 7.11 Å². The van der Waals surface area contributed by atoms with Crippen LogP contribution in [0.3, 0.4) is 0 Å². The second kappa shape index (κ2) is 7.29. The summed E-state index contributed by atoms with van der Waals surface area (Å²) in [5, 5.41) is 0. The van der Waals surface area contributed by atoms with E-state index in [1.807, 2.05) is 43.3 Å². The van der Waals surface area contributed by atoms with Gasteiger partial charge in [0.15, 0.2) is 0 Å². The molecule has 0 saturated heterocycles. The van der Waals surface area contributed by atoms with Crippen LogP contribution in [0.1, 0.15) is 24.1 Å². The fraction of sp³-hybridized carbons (Fsp3) is 0.250. The summed E-state index contributed by atoms with van der Waals surface area (Å²) in [5.41, 5.74) is 7.95. The Labute approximate surface area is 141 Å². The Kier molecular flexibility index (Phi) is 5.67. The van der Waals surface area contributed by atoms with Gasteiger partial charge in [-0.15, -0.1) is 0 Å². The molecule has 0 radical (unpaired) electrons. The molecular formula is C16H17Br2NO2. The van der Waals surface area contributed by atoms with E-state index in [4.69, 9.17) is 15.2 Å². The molecule has 3 nitrogen and oxygen atoms in total. The molecule has 1 atom stereocenters. The average molecular weight is 415 g/mol. The van der Waals surface area contributed by atoms with E-state index in [0.29, 0.717) is 6.61 Å². The molecule has 0 heterocycles. The summed E-state index contributed by atoms with van der Waals surface area (Å²) in [7, 11) is 1.65. The van der Waals surface area contributed by atoms with E-state index in [0.717, 1.165) is 31.6 Å². The number of halogens is 2. The van der Waals surface area contributed by atoms with Crippen LogP contribution in [-0.2, 0) is 6.61 Å². The zero-order valence-electron chi connectivity index (χ0n) is 11.9. The fourth-order valence-corrected chi connectivity index (χ4v) is 2.81. The van der Waals surface area contributed by atoms with Crippen molar-refractivity contribution in [2.45, 2.75) is 19.6 Å². The van der Waals surface area contributed by atoms with Crippen LogP contribution in [0.2, 0.25) is 0 Å². The second-order valence-corrected chi connectivity index (χ2v) is 6.55. The van der Waals surface area contributed by atoms with Crippen molar-refractivity contribution in [3.63, 3.8) is 0 Å². The Balaban J connectivity index is 2.22. The number of hydrogen-bond donors (Lipinski definition) is 1. The number of ether oxygens (including phenoxy) is 2. The molecule has 2 rings (SSSR count). The highest BCUT2D eigenvalue weighted by molar-refractivity contribution is 9.10. The van der Waals surface area contributed by atoms with E-state index >= 15 is 0 Å². The largest absolute Gasteiger partial charge is 0.496 e. The molecule has 0 aliphatic heterocycles. The van der Waals surface area contributed by atoms with Crippen LogP contribution in [0.5, 0.6) is 11.5 Å². The highest BCUT2D eigenvalue weighted by Crippen LogP contribution is 2.30. The minimum atomic E-state index is -0.0955. The number of methoxy groups -OCH3 is 1. The van der Waals surface area contributed by atoms with Gasteiger partial charge < -0.3 is 15.2 Å². The molecule has 2 aromatic carbocycles. The number of benzene rings is 2. The standard InChI is InChI=1S/C16H17Br2NO2/c1-10(19)14-8-13(18)4-6-16(14)21-9-11-7-12(17)3-5-15(11)20-2/h3-8,10H,9,19H2,1-2H3. The Hall–Kier alpha value is -1.04. The maximum atomic E-state index is 6.00. The van der Waals surface area contributed by atoms with Crippen molar-refractivity contribution in [3.8, 4) is 11.5 Å². The number of rotatable bonds is 5. The first-order valence-corrected chi connectivity index (χ1v) is 8.10. The SMILES string of the molecule is COc1ccc(Br)cc1COc1ccc(Br)cc1C(C)N. The molecule has 0 fully saturated rings. The van der Waals surface area contributed by atoms with Crippen LogP contribution in [0.15, 0.2) is 45.3 Å². The average Bonchev–Trinajstić information content (AvgIpc) is 2.46. The van der Waals surface area contributed by atoms with Gasteiger partial charge in [-0.3, -0.25) is 0 Å². The summed E-state index contributed by atoms with van der Waals surface area (Å²) >= 11 is 6.92. The summed E-state index contributed by atoms with van der Waals surface area (Å²) in [6.07, 6.45) is 0. The van der Waals surface area contributed by atoms with Crippen molar-refractivity contribution in [3.05, 3.63) is 56.5 Å². The van der Waals surface area contributed by atoms with Crippen molar-refractivity contribution in [1.29, 1.82) is 0 Å². The van der Waals surface area contributed by atoms with E-state index in [1.165, 1.54) is 0 Å². The van der Waals surface area contributed by atoms with E-state index < -0.39 is 0 Å². The second-order valence-electron chi connectivity index (χ2n) is 4.72. The first kappa shape index (κ1) is 16.3. The summed E-state index contributed by atoms with van der Waals surface area (Å²) in [6, 6.07) is 11.6. The third-order valence-electron chi connectivity index (χ3n) is 3.09. The monoisotopic (exact) mass is 413 g/mol. The summed E-state index contributed by atoms with van der Waals surface area (Å²) in [5.74, 6) is 1.59. The molecule has 0 aliphatic rings. The fourth-order valence-electron chi connectivity index (χ4n) is 2.02. The Morgan fingerprint density at radius 3 is 2.29 bits per heavy atom. The molecule has 21 heavy (non-hydrogen) atoms. The van der Waals surface area contributed by atoms with Gasteiger partial charge in [-0.25, -0.2) is 0 Å². The molecule has 0 aromatic heterocycles. The first-order chi connectivity index (χ1) is 10.0. The smallest absolute Gasteiger partial charge is 0.125 e. The topological polar surface area (TPSA) is 44.5 Å². The molecule has 2 N–H and O–H groups in total. The zero-order valence-corrected chi connectivity index (χ0v) is 15.1. The van der Waals surface area contributed by atoms with Crippen LogP contribution in [0, 0.1) is 0 Å². The third-order valence-corrected chi connectivity index (χ3v) is 4.07. The molecule has 2 aromatic rings. The van der Waals surface area contributed by atoms with Gasteiger partial charge in [0.2, 0.25) is 0 Å². The summed E-state index contributed by atoms with van der Waals surface area (Å²) < 4.78 is 13.3. The van der Waals surface area contributed by atoms with Gasteiger partial charge in [-0.2, -0.15) is 0 Å². The Bertz CT molecular complexity index is 630. The first-order valence-electron chi connectivity index (χ1n) is 6.51. The van der Waals surface area contributed by atoms with Crippen LogP contribution in [0.25, 0.3) is 0 Å². The minimum absolute atomic E-state index is 0.0955. The van der Waals surface area contributed by atoms with Crippen LogP contribution >= 0.6 is 31.9 Å². The van der Waals surface area contributed by atoms with Crippen molar-refractivity contribution in [2.75, 3.05) is 7.11 Å². The molecule has 0 saturated carbocycles. The molecule has 112 valence electrons. The molecular weight excluding hydrogens is 398 g/mol. The number of nitrogens with two attached hydrogens (primary N) is 1. The third kappa shape index (κ3) is 4.22. The molecule has 0 aliphatic carbocycles. The maximum Gasteiger partial charge on any atom is 0.125 e. The molecule has 1 unspecified atom stereocenters. The Morgan fingerprint density at radius 1 is 1.05 bits per heavy atom. The predicted octanol–water partition coefficient (Wildman–Crippen LogP) is 4.82. The lowest BCUT2D eigenvalue weighted by atomic mass is 10.1. The van der Waals surface area contributed by atoms with Gasteiger partial charge in [-0.1, -0.05) is 31.9 Å². The predicted molar refractivity (Wildman–Crippen MR) is 91.8 cm³/mol. The lowest BCUT2D eigenvalue weighted by molar-refractivity contribution is 0.292. The van der Waals surface area contributed by atoms with Crippen molar-refractivity contribution >= 4 is 31.9 Å². The molecule has 0 bridgehead atoms. The Morgan fingerprint density at radius 2 is 1.67 bits per heavy atom. The zero-order chi connectivity index (χ0) is 15.4. The van der Waals surface area contributed by atoms with Gasteiger partial charge in [0.25, 0.3) is 0 Å². The normalized spacial score (nSPS) is 12.0. The van der Waals surface area contributed by atoms with Crippen LogP contribution in [-0.4, -0.2) is 7.11 Å². The maximum absolute atomic E-state index is 6.00. The van der Waals surface area contributed by atoms with Gasteiger partial charge >= 0.3 is 0 Å². The van der Waals surface area contributed by atoms with Gasteiger partial charge in [-0.05, 0) is 43.3 Å². The lowest BCUT2D eigenvalue weighted by Crippen LogP contribution is -2.08. The van der Waals surface area contributed by atoms with Crippen molar-refractivity contribution < 1.29 is 9.47 Å². The van der Waals surface area contributed by atoms with Crippen LogP contribution < -0.4 is 15.2 Å². The van der Waals surface area contributed by atoms with Crippen molar-refractivity contribution in [1.82, 2.24) is 0 Å². The van der Waals surface area contributed by atoms with Gasteiger partial charge in [0.1, 0.15) is 18.1 Å². The summed E-state index contributed by atoms with van der Waals surface area (Å²) in [4.78, 5) is 0. The highest BCUT2D eigenvalue weighted by atomic mass is 79.9. The van der Waals surface area contributed by atoms with Gasteiger partial charge in [0.05, 0.1) is 7.11 Å². The minimum Gasteiger partial charge on any atom is -0.496 e. The summed E-state index contributed by atoms with van der Waals surface area (Å²) in [6.45, 7) is 2.36. The van der Waals surface area contributed by atoms with Crippen molar-refractivity contribution in [2.24, 2.45) is 5.73 Å². The van der Waals surface area contributed by atoms with E-state index in [2.05, 4.69) is 31.9 Å². The van der Waals surface area contributed by atoms with Gasteiger partial charge in [0, 0.05) is 26.1 Å². The molecule has 0 spiro atoms. The van der Waals surface area contributed by atoms with E-state index in [9.17, 15) is 0 Å². The van der Waals surface area contributed by atoms with E-state index in [-0.39, 0.29) is 6.04 Å². The lowest BCUT2D eigenvalue weighted by Gasteiger charge is -2.16. The quantitative estimate of drug-likeness (QED) is 0.762. The van der Waals surface area contributed by atoms with Crippen LogP contribution in [0.4, 0.5) is 0 Å².